The van der Waals surface area contributed by atoms with Gasteiger partial charge in [-0.05, 0) is 43.2 Å². The zero-order valence-corrected chi connectivity index (χ0v) is 20.5. The predicted molar refractivity (Wildman–Crippen MR) is 136 cm³/mol. The number of nitrogens with one attached hydrogen (secondary N) is 1. The first-order valence-electron chi connectivity index (χ1n) is 12.2. The minimum atomic E-state index is -0.730. The Morgan fingerprint density at radius 3 is 2.64 bits per heavy atom. The Labute approximate surface area is 210 Å². The summed E-state index contributed by atoms with van der Waals surface area (Å²) in [5.74, 6) is 0.777. The van der Waals surface area contributed by atoms with E-state index in [-0.39, 0.29) is 6.61 Å². The highest BCUT2D eigenvalue weighted by Crippen LogP contribution is 2.35. The number of aryl methyl sites for hydroxylation is 1. The van der Waals surface area contributed by atoms with Crippen LogP contribution in [0.4, 0.5) is 14.9 Å². The number of benzene rings is 2. The van der Waals surface area contributed by atoms with Gasteiger partial charge in [0.2, 0.25) is 0 Å². The topological polar surface area (TPSA) is 88.8 Å². The van der Waals surface area contributed by atoms with E-state index in [2.05, 4.69) is 20.9 Å². The van der Waals surface area contributed by atoms with Crippen LogP contribution in [0.5, 0.6) is 5.75 Å². The molecule has 0 aliphatic carbocycles. The first-order valence-corrected chi connectivity index (χ1v) is 12.2. The van der Waals surface area contributed by atoms with E-state index in [9.17, 15) is 14.4 Å². The average molecular weight is 495 g/mol. The number of hydrogen-bond acceptors (Lipinski definition) is 6. The summed E-state index contributed by atoms with van der Waals surface area (Å²) in [6, 6.07) is 15.4. The van der Waals surface area contributed by atoms with Gasteiger partial charge in [0.25, 0.3) is 0 Å². The van der Waals surface area contributed by atoms with E-state index < -0.39 is 12.8 Å². The number of nitrogens with zero attached hydrogens (tertiary/aromatic N) is 3. The molecule has 0 atom stereocenters. The second kappa shape index (κ2) is 12.4. The minimum absolute atomic E-state index is 0.286. The lowest BCUT2D eigenvalue weighted by Gasteiger charge is -2.26. The van der Waals surface area contributed by atoms with Gasteiger partial charge in [-0.2, -0.15) is 5.26 Å². The lowest BCUT2D eigenvalue weighted by Crippen LogP contribution is -2.37. The smallest absolute Gasteiger partial charge is 0.411 e. The van der Waals surface area contributed by atoms with Crippen molar-refractivity contribution in [2.24, 2.45) is 0 Å². The quantitative estimate of drug-likeness (QED) is 0.407. The van der Waals surface area contributed by atoms with E-state index >= 15 is 0 Å². The van der Waals surface area contributed by atoms with Crippen molar-refractivity contribution in [2.75, 3.05) is 58.1 Å². The monoisotopic (exact) mass is 494 g/mol. The molecular formula is C27H31FN4O4. The number of carbonyl (C=O) groups excluding carboxylic acids is 1. The molecule has 1 aliphatic heterocycles. The standard InChI is InChI=1S/C27H31FN4O4/c1-2-32-25-18-22(35-14-3-11-31-12-16-34-17-13-31)8-9-23(25)24(19-29)26(32)20-4-6-21(7-5-20)30-27(33)36-15-10-28/h4-9,18H,2-3,10-17H2,1H3,(H,30,33). The third kappa shape index (κ3) is 5.96. The minimum Gasteiger partial charge on any atom is -0.493 e. The second-order valence-corrected chi connectivity index (χ2v) is 8.44. The molecule has 2 heterocycles. The number of morpholine rings is 1. The van der Waals surface area contributed by atoms with Crippen molar-refractivity contribution in [3.63, 3.8) is 0 Å². The molecule has 36 heavy (non-hydrogen) atoms. The summed E-state index contributed by atoms with van der Waals surface area (Å²) in [7, 11) is 0. The Bertz CT molecular complexity index is 1210. The van der Waals surface area contributed by atoms with Crippen LogP contribution in [0.2, 0.25) is 0 Å². The number of halogens is 1. The molecule has 1 fully saturated rings. The molecule has 1 N–H and O–H groups in total. The van der Waals surface area contributed by atoms with E-state index in [0.717, 1.165) is 67.2 Å². The van der Waals surface area contributed by atoms with Crippen molar-refractivity contribution < 1.29 is 23.4 Å². The van der Waals surface area contributed by atoms with E-state index in [1.165, 1.54) is 0 Å². The zero-order chi connectivity index (χ0) is 25.3. The lowest BCUT2D eigenvalue weighted by molar-refractivity contribution is 0.0358. The van der Waals surface area contributed by atoms with Gasteiger partial charge in [-0.25, -0.2) is 9.18 Å². The molecule has 8 nitrogen and oxygen atoms in total. The van der Waals surface area contributed by atoms with Crippen LogP contribution < -0.4 is 10.1 Å². The molecule has 1 saturated heterocycles. The number of nitriles is 1. The van der Waals surface area contributed by atoms with Gasteiger partial charge >= 0.3 is 6.09 Å². The SMILES string of the molecule is CCn1c(-c2ccc(NC(=O)OCCF)cc2)c(C#N)c2ccc(OCCCN3CCOCC3)cc21. The van der Waals surface area contributed by atoms with Crippen LogP contribution in [-0.2, 0) is 16.0 Å². The van der Waals surface area contributed by atoms with Crippen molar-refractivity contribution >= 4 is 22.7 Å². The summed E-state index contributed by atoms with van der Waals surface area (Å²) < 4.78 is 30.4. The molecule has 0 spiro atoms. The van der Waals surface area contributed by atoms with Crippen LogP contribution >= 0.6 is 0 Å². The molecule has 2 aromatic carbocycles. The molecule has 190 valence electrons. The zero-order valence-electron chi connectivity index (χ0n) is 20.5. The number of amides is 1. The summed E-state index contributed by atoms with van der Waals surface area (Å²) >= 11 is 0. The first-order chi connectivity index (χ1) is 17.6. The number of carbonyl (C=O) groups is 1. The molecule has 1 amide bonds. The van der Waals surface area contributed by atoms with E-state index in [0.29, 0.717) is 24.4 Å². The maximum Gasteiger partial charge on any atom is 0.411 e. The highest BCUT2D eigenvalue weighted by Gasteiger charge is 2.19. The maximum absolute atomic E-state index is 12.2. The van der Waals surface area contributed by atoms with Gasteiger partial charge < -0.3 is 18.8 Å². The molecule has 3 aromatic rings. The third-order valence-corrected chi connectivity index (χ3v) is 6.17. The Morgan fingerprint density at radius 2 is 1.94 bits per heavy atom. The summed E-state index contributed by atoms with van der Waals surface area (Å²) in [4.78, 5) is 14.1. The van der Waals surface area contributed by atoms with E-state index in [4.69, 9.17) is 14.2 Å². The van der Waals surface area contributed by atoms with Gasteiger partial charge in [-0.1, -0.05) is 12.1 Å². The van der Waals surface area contributed by atoms with Crippen LogP contribution in [0.3, 0.4) is 0 Å². The summed E-state index contributed by atoms with van der Waals surface area (Å²) in [5.41, 5.74) is 3.71. The summed E-state index contributed by atoms with van der Waals surface area (Å²) in [5, 5.41) is 13.4. The number of rotatable bonds is 10. The van der Waals surface area contributed by atoms with Crippen LogP contribution in [0.1, 0.15) is 18.9 Å². The van der Waals surface area contributed by atoms with Crippen molar-refractivity contribution in [3.05, 3.63) is 48.0 Å². The number of hydrogen-bond donors (Lipinski definition) is 1. The van der Waals surface area contributed by atoms with E-state index in [1.54, 1.807) is 12.1 Å². The molecule has 0 unspecified atom stereocenters. The fraction of sp³-hybridized carbons (Fsp3) is 0.407. The summed E-state index contributed by atoms with van der Waals surface area (Å²) in [6.45, 7) is 6.82. The number of alkyl halides is 1. The molecule has 1 aliphatic rings. The van der Waals surface area contributed by atoms with Crippen LogP contribution in [0.15, 0.2) is 42.5 Å². The Hall–Kier alpha value is -3.61. The maximum atomic E-state index is 12.2. The fourth-order valence-corrected chi connectivity index (χ4v) is 4.46. The molecule has 4 rings (SSSR count). The molecule has 0 bridgehead atoms. The molecular weight excluding hydrogens is 463 g/mol. The number of fused-ring (bicyclic) bond motifs is 1. The predicted octanol–water partition coefficient (Wildman–Crippen LogP) is 4.82. The Kier molecular flexibility index (Phi) is 8.76. The van der Waals surface area contributed by atoms with Gasteiger partial charge in [0.05, 0.1) is 36.6 Å². The van der Waals surface area contributed by atoms with Crippen molar-refractivity contribution in [1.29, 1.82) is 5.26 Å². The largest absolute Gasteiger partial charge is 0.493 e. The van der Waals surface area contributed by atoms with Gasteiger partial charge in [0.15, 0.2) is 0 Å². The molecule has 9 heteroatoms. The van der Waals surface area contributed by atoms with Crippen molar-refractivity contribution in [2.45, 2.75) is 19.9 Å². The third-order valence-electron chi connectivity index (χ3n) is 6.17. The van der Waals surface area contributed by atoms with Crippen LogP contribution in [0, 0.1) is 11.3 Å². The normalized spacial score (nSPS) is 13.9. The number of ether oxygens (including phenoxy) is 3. The Balaban J connectivity index is 1.51. The highest BCUT2D eigenvalue weighted by molar-refractivity contribution is 5.95. The van der Waals surface area contributed by atoms with Crippen molar-refractivity contribution in [1.82, 2.24) is 9.47 Å². The van der Waals surface area contributed by atoms with Gasteiger partial charge in [-0.3, -0.25) is 10.2 Å². The lowest BCUT2D eigenvalue weighted by atomic mass is 10.1. The average Bonchev–Trinajstić information content (AvgIpc) is 3.23. The fourth-order valence-electron chi connectivity index (χ4n) is 4.46. The molecule has 1 aromatic heterocycles. The molecule has 0 radical (unpaired) electrons. The van der Waals surface area contributed by atoms with Crippen LogP contribution in [-0.4, -0.2) is 68.3 Å². The summed E-state index contributed by atoms with van der Waals surface area (Å²) in [6.07, 6.45) is 0.224. The second-order valence-electron chi connectivity index (χ2n) is 8.44. The molecule has 0 saturated carbocycles. The van der Waals surface area contributed by atoms with Crippen LogP contribution in [0.25, 0.3) is 22.2 Å². The van der Waals surface area contributed by atoms with E-state index in [1.807, 2.05) is 37.3 Å². The number of aromatic nitrogens is 1. The van der Waals surface area contributed by atoms with Crippen molar-refractivity contribution in [3.8, 4) is 23.1 Å². The first kappa shape index (κ1) is 25.5. The Morgan fingerprint density at radius 1 is 1.17 bits per heavy atom. The van der Waals surface area contributed by atoms with Gasteiger partial charge in [-0.15, -0.1) is 0 Å². The van der Waals surface area contributed by atoms with Gasteiger partial charge in [0, 0.05) is 43.3 Å². The van der Waals surface area contributed by atoms with Gasteiger partial charge in [0.1, 0.15) is 25.1 Å². The number of anilines is 1. The highest BCUT2D eigenvalue weighted by atomic mass is 19.1.